The van der Waals surface area contributed by atoms with Gasteiger partial charge in [0.2, 0.25) is 0 Å². The van der Waals surface area contributed by atoms with Crippen LogP contribution >= 0.6 is 0 Å². The highest BCUT2D eigenvalue weighted by atomic mass is 16.6. The van der Waals surface area contributed by atoms with E-state index in [1.54, 1.807) is 7.11 Å². The minimum Gasteiger partial charge on any atom is -0.496 e. The molecule has 132 valence electrons. The summed E-state index contributed by atoms with van der Waals surface area (Å²) in [6.45, 7) is 0.745. The summed E-state index contributed by atoms with van der Waals surface area (Å²) in [4.78, 5) is 12.7. The number of carbonyl (C=O) groups excluding carboxylic acids is 1. The molecule has 0 spiro atoms. The molecule has 1 aliphatic heterocycles. The fourth-order valence-electron chi connectivity index (χ4n) is 3.03. The number of benzene rings is 3. The van der Waals surface area contributed by atoms with Crippen molar-refractivity contribution in [1.29, 1.82) is 0 Å². The van der Waals surface area contributed by atoms with Crippen molar-refractivity contribution in [3.63, 3.8) is 0 Å². The molecule has 26 heavy (non-hydrogen) atoms. The van der Waals surface area contributed by atoms with Crippen LogP contribution in [0.2, 0.25) is 0 Å². The molecule has 0 fully saturated rings. The highest BCUT2D eigenvalue weighted by molar-refractivity contribution is 6.01. The maximum Gasteiger partial charge on any atom is 0.255 e. The average Bonchev–Trinajstić information content (AvgIpc) is 2.70. The van der Waals surface area contributed by atoms with Gasteiger partial charge in [0.25, 0.3) is 5.91 Å². The van der Waals surface area contributed by atoms with Crippen LogP contribution in [0.25, 0.3) is 10.8 Å². The molecular formula is C21H19NO4. The highest BCUT2D eigenvalue weighted by Gasteiger charge is 2.22. The summed E-state index contributed by atoms with van der Waals surface area (Å²) in [6.07, 6.45) is -0.236. The van der Waals surface area contributed by atoms with Crippen molar-refractivity contribution in [2.24, 2.45) is 0 Å². The van der Waals surface area contributed by atoms with Crippen LogP contribution < -0.4 is 19.5 Å². The van der Waals surface area contributed by atoms with Gasteiger partial charge >= 0.3 is 0 Å². The Hall–Kier alpha value is -3.21. The largest absolute Gasteiger partial charge is 0.496 e. The first kappa shape index (κ1) is 16.3. The Kier molecular flexibility index (Phi) is 4.35. The molecule has 1 aliphatic rings. The number of methoxy groups -OCH3 is 1. The number of amides is 1. The lowest BCUT2D eigenvalue weighted by molar-refractivity contribution is 0.0787. The number of fused-ring (bicyclic) bond motifs is 2. The van der Waals surface area contributed by atoms with Crippen LogP contribution in [0.5, 0.6) is 17.2 Å². The van der Waals surface area contributed by atoms with Crippen molar-refractivity contribution >= 4 is 16.7 Å². The molecule has 5 nitrogen and oxygen atoms in total. The van der Waals surface area contributed by atoms with Crippen LogP contribution in [-0.4, -0.2) is 32.3 Å². The van der Waals surface area contributed by atoms with E-state index in [1.807, 2.05) is 60.7 Å². The van der Waals surface area contributed by atoms with E-state index >= 15 is 0 Å². The molecule has 1 heterocycles. The van der Waals surface area contributed by atoms with Gasteiger partial charge in [-0.15, -0.1) is 0 Å². The predicted octanol–water partition coefficient (Wildman–Crippen LogP) is 3.42. The molecular weight excluding hydrogens is 330 g/mol. The number of nitrogens with one attached hydrogen (secondary N) is 1. The van der Waals surface area contributed by atoms with Gasteiger partial charge in [-0.2, -0.15) is 0 Å². The van der Waals surface area contributed by atoms with E-state index in [0.29, 0.717) is 30.2 Å². The van der Waals surface area contributed by atoms with Gasteiger partial charge in [0.15, 0.2) is 11.5 Å². The summed E-state index contributed by atoms with van der Waals surface area (Å²) in [6, 6.07) is 19.1. The van der Waals surface area contributed by atoms with Crippen LogP contribution in [0.15, 0.2) is 60.7 Å². The Morgan fingerprint density at radius 1 is 1.08 bits per heavy atom. The topological polar surface area (TPSA) is 56.8 Å². The third-order valence-electron chi connectivity index (χ3n) is 4.37. The lowest BCUT2D eigenvalue weighted by Gasteiger charge is -2.26. The van der Waals surface area contributed by atoms with E-state index in [4.69, 9.17) is 14.2 Å². The van der Waals surface area contributed by atoms with Gasteiger partial charge in [0, 0.05) is 0 Å². The lowest BCUT2D eigenvalue weighted by Crippen LogP contribution is -2.40. The van der Waals surface area contributed by atoms with Gasteiger partial charge in [-0.25, -0.2) is 0 Å². The Bertz CT molecular complexity index is 954. The first-order valence-electron chi connectivity index (χ1n) is 8.48. The molecule has 0 bridgehead atoms. The molecule has 1 atom stereocenters. The van der Waals surface area contributed by atoms with Crippen molar-refractivity contribution in [3.05, 3.63) is 66.2 Å². The van der Waals surface area contributed by atoms with Crippen LogP contribution in [0, 0.1) is 0 Å². The molecule has 0 radical (unpaired) electrons. The molecule has 0 unspecified atom stereocenters. The number of para-hydroxylation sites is 2. The smallest absolute Gasteiger partial charge is 0.255 e. The molecule has 5 heteroatoms. The third-order valence-corrected chi connectivity index (χ3v) is 4.37. The van der Waals surface area contributed by atoms with Crippen LogP contribution in [0.3, 0.4) is 0 Å². The summed E-state index contributed by atoms with van der Waals surface area (Å²) < 4.78 is 16.9. The maximum atomic E-state index is 12.7. The van der Waals surface area contributed by atoms with Gasteiger partial charge in [-0.1, -0.05) is 36.4 Å². The summed E-state index contributed by atoms with van der Waals surface area (Å²) in [7, 11) is 1.57. The Labute approximate surface area is 151 Å². The van der Waals surface area contributed by atoms with Crippen molar-refractivity contribution in [1.82, 2.24) is 5.32 Å². The van der Waals surface area contributed by atoms with Gasteiger partial charge < -0.3 is 19.5 Å². The summed E-state index contributed by atoms with van der Waals surface area (Å²) in [5, 5.41) is 4.93. The van der Waals surface area contributed by atoms with E-state index in [0.717, 1.165) is 16.5 Å². The summed E-state index contributed by atoms with van der Waals surface area (Å²) >= 11 is 0. The number of hydrogen-bond donors (Lipinski definition) is 1. The first-order chi connectivity index (χ1) is 12.7. The van der Waals surface area contributed by atoms with Gasteiger partial charge in [-0.05, 0) is 35.0 Å². The molecule has 0 aliphatic carbocycles. The molecule has 4 rings (SSSR count). The molecule has 3 aromatic carbocycles. The predicted molar refractivity (Wildman–Crippen MR) is 99.2 cm³/mol. The number of ether oxygens (including phenoxy) is 3. The van der Waals surface area contributed by atoms with E-state index in [-0.39, 0.29) is 12.0 Å². The van der Waals surface area contributed by atoms with Gasteiger partial charge in [-0.3, -0.25) is 4.79 Å². The van der Waals surface area contributed by atoms with E-state index in [2.05, 4.69) is 5.32 Å². The second-order valence-corrected chi connectivity index (χ2v) is 6.11. The SMILES string of the molecule is COc1cc2ccccc2cc1C(=O)NC[C@@H]1COc2ccccc2O1. The fourth-order valence-corrected chi connectivity index (χ4v) is 3.03. The van der Waals surface area contributed by atoms with Crippen molar-refractivity contribution in [2.45, 2.75) is 6.10 Å². The van der Waals surface area contributed by atoms with E-state index in [9.17, 15) is 4.79 Å². The molecule has 1 amide bonds. The minimum atomic E-state index is -0.236. The zero-order chi connectivity index (χ0) is 17.9. The maximum absolute atomic E-state index is 12.7. The standard InChI is InChI=1S/C21H19NO4/c1-24-20-11-15-7-3-2-6-14(15)10-17(20)21(23)22-12-16-13-25-18-8-4-5-9-19(18)26-16/h2-11,16H,12-13H2,1H3,(H,22,23)/t16-/m1/s1. The highest BCUT2D eigenvalue weighted by Crippen LogP contribution is 2.31. The number of rotatable bonds is 4. The van der Waals surface area contributed by atoms with Crippen molar-refractivity contribution in [2.75, 3.05) is 20.3 Å². The second kappa shape index (κ2) is 6.96. The Balaban J connectivity index is 1.48. The van der Waals surface area contributed by atoms with Crippen molar-refractivity contribution in [3.8, 4) is 17.2 Å². The molecule has 0 saturated carbocycles. The fraction of sp³-hybridized carbons (Fsp3) is 0.190. The van der Waals surface area contributed by atoms with Gasteiger partial charge in [0.05, 0.1) is 19.2 Å². The van der Waals surface area contributed by atoms with Gasteiger partial charge in [0.1, 0.15) is 18.5 Å². The third kappa shape index (κ3) is 3.16. The zero-order valence-corrected chi connectivity index (χ0v) is 14.4. The quantitative estimate of drug-likeness (QED) is 0.784. The summed E-state index contributed by atoms with van der Waals surface area (Å²) in [5.41, 5.74) is 0.503. The van der Waals surface area contributed by atoms with Crippen LogP contribution in [0.1, 0.15) is 10.4 Å². The molecule has 0 aromatic heterocycles. The van der Waals surface area contributed by atoms with E-state index in [1.165, 1.54) is 0 Å². The Morgan fingerprint density at radius 2 is 1.77 bits per heavy atom. The first-order valence-corrected chi connectivity index (χ1v) is 8.48. The normalized spacial score (nSPS) is 15.5. The lowest BCUT2D eigenvalue weighted by atomic mass is 10.1. The monoisotopic (exact) mass is 349 g/mol. The minimum absolute atomic E-state index is 0.199. The second-order valence-electron chi connectivity index (χ2n) is 6.11. The molecule has 0 saturated heterocycles. The molecule has 1 N–H and O–H groups in total. The van der Waals surface area contributed by atoms with Crippen molar-refractivity contribution < 1.29 is 19.0 Å². The Morgan fingerprint density at radius 3 is 2.54 bits per heavy atom. The van der Waals surface area contributed by atoms with Crippen LogP contribution in [0.4, 0.5) is 0 Å². The van der Waals surface area contributed by atoms with E-state index < -0.39 is 0 Å². The zero-order valence-electron chi connectivity index (χ0n) is 14.4. The average molecular weight is 349 g/mol. The van der Waals surface area contributed by atoms with Crippen LogP contribution in [-0.2, 0) is 0 Å². The number of hydrogen-bond acceptors (Lipinski definition) is 4. The summed E-state index contributed by atoms with van der Waals surface area (Å²) in [5.74, 6) is 1.77. The number of carbonyl (C=O) groups is 1. The molecule has 3 aromatic rings.